The number of benzene rings is 1. The molecule has 1 aromatic rings. The van der Waals surface area contributed by atoms with Crippen molar-refractivity contribution < 1.29 is 13.2 Å². The van der Waals surface area contributed by atoms with Crippen LogP contribution >= 0.6 is 15.9 Å². The van der Waals surface area contributed by atoms with Crippen molar-refractivity contribution in [1.82, 2.24) is 4.72 Å². The predicted molar refractivity (Wildman–Crippen MR) is 84.4 cm³/mol. The first kappa shape index (κ1) is 17.6. The van der Waals surface area contributed by atoms with Crippen LogP contribution in [0.5, 0.6) is 0 Å². The second-order valence-electron chi connectivity index (χ2n) is 4.65. The van der Waals surface area contributed by atoms with Crippen molar-refractivity contribution in [2.24, 2.45) is 0 Å². The number of rotatable bonds is 9. The summed E-state index contributed by atoms with van der Waals surface area (Å²) in [4.78, 5) is 0.273. The summed E-state index contributed by atoms with van der Waals surface area (Å²) < 4.78 is 32.8. The molecule has 0 aromatic heterocycles. The Bertz CT molecular complexity index is 517. The number of nitrogens with one attached hydrogen (secondary N) is 1. The molecule has 114 valence electrons. The molecule has 4 nitrogen and oxygen atoms in total. The molecule has 0 unspecified atom stereocenters. The van der Waals surface area contributed by atoms with Gasteiger partial charge in [-0.15, -0.1) is 0 Å². The number of aryl methyl sites for hydroxylation is 1. The number of ether oxygens (including phenoxy) is 1. The van der Waals surface area contributed by atoms with Crippen LogP contribution in [0.3, 0.4) is 0 Å². The van der Waals surface area contributed by atoms with Crippen molar-refractivity contribution in [3.05, 3.63) is 28.2 Å². The zero-order valence-corrected chi connectivity index (χ0v) is 14.4. The minimum absolute atomic E-state index is 0.273. The van der Waals surface area contributed by atoms with Crippen LogP contribution in [0.25, 0.3) is 0 Å². The van der Waals surface area contributed by atoms with E-state index in [2.05, 4.69) is 27.6 Å². The van der Waals surface area contributed by atoms with Gasteiger partial charge in [-0.2, -0.15) is 0 Å². The van der Waals surface area contributed by atoms with Crippen LogP contribution in [-0.4, -0.2) is 28.2 Å². The van der Waals surface area contributed by atoms with Gasteiger partial charge in [0.15, 0.2) is 0 Å². The summed E-state index contributed by atoms with van der Waals surface area (Å²) in [6.45, 7) is 5.73. The lowest BCUT2D eigenvalue weighted by Crippen LogP contribution is -2.26. The van der Waals surface area contributed by atoms with Crippen LogP contribution in [0.15, 0.2) is 27.6 Å². The fourth-order valence-corrected chi connectivity index (χ4v) is 3.89. The van der Waals surface area contributed by atoms with E-state index < -0.39 is 10.0 Å². The summed E-state index contributed by atoms with van der Waals surface area (Å²) >= 11 is 3.29. The van der Waals surface area contributed by atoms with Crippen molar-refractivity contribution in [3.63, 3.8) is 0 Å². The maximum Gasteiger partial charge on any atom is 0.241 e. The molecule has 0 aliphatic rings. The van der Waals surface area contributed by atoms with Crippen LogP contribution in [0.1, 0.15) is 31.7 Å². The standard InChI is InChI=1S/C14H22BrNO3S/c1-3-4-9-19-10-5-8-16-20(17,18)14-7-6-12(2)11-13(14)15/h6-7,11,16H,3-5,8-10H2,1-2H3. The molecular weight excluding hydrogens is 342 g/mol. The maximum atomic E-state index is 12.1. The van der Waals surface area contributed by atoms with Gasteiger partial charge in [0.25, 0.3) is 0 Å². The van der Waals surface area contributed by atoms with E-state index in [0.29, 0.717) is 24.0 Å². The van der Waals surface area contributed by atoms with Gasteiger partial charge in [-0.05, 0) is 53.4 Å². The van der Waals surface area contributed by atoms with Crippen LogP contribution in [0.4, 0.5) is 0 Å². The second-order valence-corrected chi connectivity index (χ2v) is 7.24. The van der Waals surface area contributed by atoms with E-state index >= 15 is 0 Å². The highest BCUT2D eigenvalue weighted by atomic mass is 79.9. The second kappa shape index (κ2) is 8.77. The minimum atomic E-state index is -3.46. The number of hydrogen-bond acceptors (Lipinski definition) is 3. The first-order valence-electron chi connectivity index (χ1n) is 6.81. The third-order valence-corrected chi connectivity index (χ3v) is 5.21. The molecule has 0 spiro atoms. The van der Waals surface area contributed by atoms with Crippen molar-refractivity contribution in [2.75, 3.05) is 19.8 Å². The van der Waals surface area contributed by atoms with Crippen molar-refractivity contribution >= 4 is 26.0 Å². The molecule has 0 bridgehead atoms. The molecule has 6 heteroatoms. The molecule has 0 saturated carbocycles. The number of sulfonamides is 1. The van der Waals surface area contributed by atoms with E-state index in [1.165, 1.54) is 0 Å². The zero-order chi connectivity index (χ0) is 15.0. The topological polar surface area (TPSA) is 55.4 Å². The zero-order valence-electron chi connectivity index (χ0n) is 12.0. The summed E-state index contributed by atoms with van der Waals surface area (Å²) in [6, 6.07) is 5.19. The lowest BCUT2D eigenvalue weighted by Gasteiger charge is -2.09. The Morgan fingerprint density at radius 2 is 1.95 bits per heavy atom. The predicted octanol–water partition coefficient (Wildman–Crippen LogP) is 3.24. The van der Waals surface area contributed by atoms with E-state index in [1.54, 1.807) is 18.2 Å². The summed E-state index contributed by atoms with van der Waals surface area (Å²) in [5, 5.41) is 0. The highest BCUT2D eigenvalue weighted by Crippen LogP contribution is 2.22. The number of halogens is 1. The molecule has 1 N–H and O–H groups in total. The monoisotopic (exact) mass is 363 g/mol. The lowest BCUT2D eigenvalue weighted by molar-refractivity contribution is 0.130. The third kappa shape index (κ3) is 5.91. The SMILES string of the molecule is CCCCOCCCNS(=O)(=O)c1ccc(C)cc1Br. The Morgan fingerprint density at radius 1 is 1.25 bits per heavy atom. The fraction of sp³-hybridized carbons (Fsp3) is 0.571. The van der Waals surface area contributed by atoms with E-state index in [1.807, 2.05) is 6.92 Å². The van der Waals surface area contributed by atoms with Gasteiger partial charge in [0.05, 0.1) is 4.90 Å². The van der Waals surface area contributed by atoms with Crippen molar-refractivity contribution in [2.45, 2.75) is 38.0 Å². The largest absolute Gasteiger partial charge is 0.381 e. The first-order valence-corrected chi connectivity index (χ1v) is 9.08. The smallest absolute Gasteiger partial charge is 0.241 e. The first-order chi connectivity index (χ1) is 9.47. The molecule has 1 rings (SSSR count). The van der Waals surface area contributed by atoms with Gasteiger partial charge in [-0.3, -0.25) is 0 Å². The van der Waals surface area contributed by atoms with E-state index in [4.69, 9.17) is 4.74 Å². The van der Waals surface area contributed by atoms with Crippen molar-refractivity contribution in [3.8, 4) is 0 Å². The third-order valence-electron chi connectivity index (χ3n) is 2.78. The van der Waals surface area contributed by atoms with E-state index in [0.717, 1.165) is 25.0 Å². The number of hydrogen-bond donors (Lipinski definition) is 1. The Hall–Kier alpha value is -0.430. The van der Waals surface area contributed by atoms with Gasteiger partial charge in [-0.1, -0.05) is 19.4 Å². The van der Waals surface area contributed by atoms with Crippen LogP contribution in [0.2, 0.25) is 0 Å². The lowest BCUT2D eigenvalue weighted by atomic mass is 10.2. The van der Waals surface area contributed by atoms with Gasteiger partial charge in [0.1, 0.15) is 0 Å². The summed E-state index contributed by atoms with van der Waals surface area (Å²) in [7, 11) is -3.46. The highest BCUT2D eigenvalue weighted by molar-refractivity contribution is 9.10. The van der Waals surface area contributed by atoms with Gasteiger partial charge >= 0.3 is 0 Å². The normalized spacial score (nSPS) is 11.8. The van der Waals surface area contributed by atoms with E-state index in [-0.39, 0.29) is 4.90 Å². The molecule has 0 radical (unpaired) electrons. The van der Waals surface area contributed by atoms with Crippen molar-refractivity contribution in [1.29, 1.82) is 0 Å². The number of unbranched alkanes of at least 4 members (excludes halogenated alkanes) is 1. The molecule has 20 heavy (non-hydrogen) atoms. The Morgan fingerprint density at radius 3 is 2.60 bits per heavy atom. The molecule has 0 amide bonds. The maximum absolute atomic E-state index is 12.1. The molecule has 0 saturated heterocycles. The Kier molecular flexibility index (Phi) is 7.72. The highest BCUT2D eigenvalue weighted by Gasteiger charge is 2.16. The molecule has 0 heterocycles. The van der Waals surface area contributed by atoms with Gasteiger partial charge in [0.2, 0.25) is 10.0 Å². The summed E-state index contributed by atoms with van der Waals surface area (Å²) in [5.74, 6) is 0. The average molecular weight is 364 g/mol. The quantitative estimate of drug-likeness (QED) is 0.685. The molecule has 0 aliphatic heterocycles. The van der Waals surface area contributed by atoms with Gasteiger partial charge in [-0.25, -0.2) is 13.1 Å². The van der Waals surface area contributed by atoms with Crippen LogP contribution in [0, 0.1) is 6.92 Å². The molecular formula is C14H22BrNO3S. The minimum Gasteiger partial charge on any atom is -0.381 e. The molecule has 1 aromatic carbocycles. The Balaban J connectivity index is 2.42. The van der Waals surface area contributed by atoms with Crippen LogP contribution in [-0.2, 0) is 14.8 Å². The fourth-order valence-electron chi connectivity index (χ4n) is 1.63. The van der Waals surface area contributed by atoms with Gasteiger partial charge in [0, 0.05) is 24.2 Å². The summed E-state index contributed by atoms with van der Waals surface area (Å²) in [5.41, 5.74) is 1.01. The van der Waals surface area contributed by atoms with Crippen LogP contribution < -0.4 is 4.72 Å². The molecule has 0 fully saturated rings. The Labute approximate surface area is 130 Å². The van der Waals surface area contributed by atoms with E-state index in [9.17, 15) is 8.42 Å². The molecule has 0 aliphatic carbocycles. The van der Waals surface area contributed by atoms with Gasteiger partial charge < -0.3 is 4.74 Å². The summed E-state index contributed by atoms with van der Waals surface area (Å²) in [6.07, 6.45) is 2.82. The average Bonchev–Trinajstić information content (AvgIpc) is 2.37. The molecule has 0 atom stereocenters.